The Balaban J connectivity index is 1.19. The number of para-hydroxylation sites is 4. The summed E-state index contributed by atoms with van der Waals surface area (Å²) < 4.78 is 13.3. The number of hydrogen-bond acceptors (Lipinski definition) is 3. The van der Waals surface area contributed by atoms with Gasteiger partial charge in [-0.05, 0) is 81.4 Å². The third-order valence-corrected chi connectivity index (χ3v) is 10.7. The van der Waals surface area contributed by atoms with Crippen molar-refractivity contribution in [2.75, 3.05) is 4.90 Å². The molecule has 248 valence electrons. The van der Waals surface area contributed by atoms with E-state index < -0.39 is 0 Å². The minimum absolute atomic E-state index is 0.857. The average Bonchev–Trinajstić information content (AvgIpc) is 3.81. The van der Waals surface area contributed by atoms with E-state index in [-0.39, 0.29) is 0 Å². The van der Waals surface area contributed by atoms with Gasteiger partial charge in [0.05, 0.1) is 11.1 Å². The fourth-order valence-electron chi connectivity index (χ4n) is 8.35. The Morgan fingerprint density at radius 2 is 0.792 bits per heavy atom. The maximum absolute atomic E-state index is 6.81. The zero-order valence-electron chi connectivity index (χ0n) is 28.7. The highest BCUT2D eigenvalue weighted by Crippen LogP contribution is 2.48. The van der Waals surface area contributed by atoms with E-state index in [1.807, 2.05) is 12.1 Å². The molecule has 0 N–H and O–H groups in total. The summed E-state index contributed by atoms with van der Waals surface area (Å²) in [6.45, 7) is 0. The Morgan fingerprint density at radius 1 is 0.302 bits per heavy atom. The predicted molar refractivity (Wildman–Crippen MR) is 222 cm³/mol. The average molecular weight is 678 g/mol. The Morgan fingerprint density at radius 3 is 1.49 bits per heavy atom. The van der Waals surface area contributed by atoms with E-state index in [1.165, 1.54) is 21.9 Å². The lowest BCUT2D eigenvalue weighted by atomic mass is 9.88. The molecule has 0 atom stereocenters. The highest BCUT2D eigenvalue weighted by Gasteiger charge is 2.23. The highest BCUT2D eigenvalue weighted by molar-refractivity contribution is 6.24. The number of benzene rings is 9. The van der Waals surface area contributed by atoms with Gasteiger partial charge in [0.1, 0.15) is 22.3 Å². The Kier molecular flexibility index (Phi) is 6.55. The van der Waals surface area contributed by atoms with E-state index in [2.05, 4.69) is 181 Å². The van der Waals surface area contributed by atoms with Crippen LogP contribution in [0.2, 0.25) is 0 Å². The highest BCUT2D eigenvalue weighted by atomic mass is 16.3. The molecule has 2 aromatic heterocycles. The van der Waals surface area contributed by atoms with Gasteiger partial charge in [-0.3, -0.25) is 0 Å². The molecular weight excluding hydrogens is 647 g/mol. The number of furan rings is 2. The molecule has 0 bridgehead atoms. The maximum Gasteiger partial charge on any atom is 0.143 e. The van der Waals surface area contributed by atoms with Crippen molar-refractivity contribution in [3.63, 3.8) is 0 Å². The molecule has 0 radical (unpaired) electrons. The third-order valence-electron chi connectivity index (χ3n) is 10.7. The zero-order valence-corrected chi connectivity index (χ0v) is 28.7. The van der Waals surface area contributed by atoms with Crippen LogP contribution in [0.1, 0.15) is 0 Å². The number of fused-ring (bicyclic) bond motifs is 9. The van der Waals surface area contributed by atoms with Crippen molar-refractivity contribution >= 4 is 82.5 Å². The van der Waals surface area contributed by atoms with Crippen molar-refractivity contribution < 1.29 is 8.83 Å². The lowest BCUT2D eigenvalue weighted by molar-refractivity contribution is 0.670. The van der Waals surface area contributed by atoms with E-state index in [1.54, 1.807) is 0 Å². The van der Waals surface area contributed by atoms with Crippen LogP contribution in [0.4, 0.5) is 17.1 Å². The largest absolute Gasteiger partial charge is 0.455 e. The molecule has 0 aliphatic carbocycles. The molecule has 0 saturated carbocycles. The van der Waals surface area contributed by atoms with Crippen molar-refractivity contribution in [2.45, 2.75) is 0 Å². The van der Waals surface area contributed by atoms with Gasteiger partial charge in [-0.1, -0.05) is 140 Å². The minimum Gasteiger partial charge on any atom is -0.455 e. The van der Waals surface area contributed by atoms with Crippen LogP contribution in [-0.4, -0.2) is 0 Å². The normalized spacial score (nSPS) is 11.8. The third kappa shape index (κ3) is 4.54. The van der Waals surface area contributed by atoms with Gasteiger partial charge in [0.15, 0.2) is 0 Å². The summed E-state index contributed by atoms with van der Waals surface area (Å²) in [5.41, 5.74) is 11.4. The zero-order chi connectivity index (χ0) is 34.9. The molecule has 11 rings (SSSR count). The van der Waals surface area contributed by atoms with Crippen LogP contribution in [-0.2, 0) is 0 Å². The van der Waals surface area contributed by atoms with Gasteiger partial charge in [-0.25, -0.2) is 0 Å². The molecule has 0 saturated heterocycles. The predicted octanol–water partition coefficient (Wildman–Crippen LogP) is 14.6. The topological polar surface area (TPSA) is 29.5 Å². The lowest BCUT2D eigenvalue weighted by Gasteiger charge is -2.26. The summed E-state index contributed by atoms with van der Waals surface area (Å²) in [6, 6.07) is 66.6. The van der Waals surface area contributed by atoms with Gasteiger partial charge in [-0.15, -0.1) is 0 Å². The minimum atomic E-state index is 0.857. The van der Waals surface area contributed by atoms with Gasteiger partial charge in [0.2, 0.25) is 0 Å². The maximum atomic E-state index is 6.81. The van der Waals surface area contributed by atoms with Crippen LogP contribution in [0.25, 0.3) is 87.7 Å². The molecule has 9 aromatic carbocycles. The Hall–Kier alpha value is -7.10. The molecule has 3 nitrogen and oxygen atoms in total. The van der Waals surface area contributed by atoms with Crippen LogP contribution in [0.3, 0.4) is 0 Å². The molecule has 0 fully saturated rings. The molecule has 0 amide bonds. The van der Waals surface area contributed by atoms with Crippen LogP contribution < -0.4 is 4.90 Å². The van der Waals surface area contributed by atoms with E-state index in [9.17, 15) is 0 Å². The van der Waals surface area contributed by atoms with E-state index >= 15 is 0 Å². The fourth-order valence-corrected chi connectivity index (χ4v) is 8.35. The lowest BCUT2D eigenvalue weighted by Crippen LogP contribution is -2.09. The van der Waals surface area contributed by atoms with Crippen molar-refractivity contribution in [3.05, 3.63) is 188 Å². The Bertz CT molecular complexity index is 3130. The van der Waals surface area contributed by atoms with Gasteiger partial charge in [0.25, 0.3) is 0 Å². The smallest absolute Gasteiger partial charge is 0.143 e. The summed E-state index contributed by atoms with van der Waals surface area (Å²) in [7, 11) is 0. The van der Waals surface area contributed by atoms with E-state index in [0.717, 1.165) is 82.8 Å². The molecule has 0 aliphatic rings. The quantitative estimate of drug-likeness (QED) is 0.182. The summed E-state index contributed by atoms with van der Waals surface area (Å²) >= 11 is 0. The summed E-state index contributed by atoms with van der Waals surface area (Å²) in [5.74, 6) is 0. The molecule has 11 aromatic rings. The van der Waals surface area contributed by atoms with Crippen molar-refractivity contribution in [1.29, 1.82) is 0 Å². The monoisotopic (exact) mass is 677 g/mol. The first-order valence-electron chi connectivity index (χ1n) is 18.0. The van der Waals surface area contributed by atoms with Crippen LogP contribution in [0.15, 0.2) is 197 Å². The first-order chi connectivity index (χ1) is 26.3. The van der Waals surface area contributed by atoms with Gasteiger partial charge < -0.3 is 13.7 Å². The summed E-state index contributed by atoms with van der Waals surface area (Å²) in [5, 5.41) is 9.04. The van der Waals surface area contributed by atoms with Crippen LogP contribution >= 0.6 is 0 Å². The second kappa shape index (κ2) is 11.7. The number of hydrogen-bond donors (Lipinski definition) is 0. The number of rotatable bonds is 5. The van der Waals surface area contributed by atoms with E-state index in [4.69, 9.17) is 8.83 Å². The first kappa shape index (κ1) is 29.6. The Labute approximate surface area is 305 Å². The second-order valence-corrected chi connectivity index (χ2v) is 13.6. The van der Waals surface area contributed by atoms with Crippen LogP contribution in [0, 0.1) is 0 Å². The van der Waals surface area contributed by atoms with Crippen molar-refractivity contribution in [2.24, 2.45) is 0 Å². The summed E-state index contributed by atoms with van der Waals surface area (Å²) in [4.78, 5) is 2.33. The van der Waals surface area contributed by atoms with E-state index in [0.29, 0.717) is 0 Å². The second-order valence-electron chi connectivity index (χ2n) is 13.6. The molecular formula is C50H31NO2. The number of nitrogens with zero attached hydrogens (tertiary/aromatic N) is 1. The van der Waals surface area contributed by atoms with Crippen LogP contribution in [0.5, 0.6) is 0 Å². The molecule has 0 aliphatic heterocycles. The SMILES string of the molecule is c1ccc(N(c2ccccc2)c2cccc3oc4c5ccccc5c(-c5ccc(-c6cccc7c6oc6ccccc67)c6ccccc56)cc4c23)cc1. The molecule has 0 unspecified atom stereocenters. The van der Waals surface area contributed by atoms with Gasteiger partial charge >= 0.3 is 0 Å². The first-order valence-corrected chi connectivity index (χ1v) is 18.0. The molecule has 2 heterocycles. The number of anilines is 3. The fraction of sp³-hybridized carbons (Fsp3) is 0. The molecule has 53 heavy (non-hydrogen) atoms. The van der Waals surface area contributed by atoms with Gasteiger partial charge in [0, 0.05) is 38.5 Å². The summed E-state index contributed by atoms with van der Waals surface area (Å²) in [6.07, 6.45) is 0. The molecule has 3 heteroatoms. The van der Waals surface area contributed by atoms with Crippen molar-refractivity contribution in [1.82, 2.24) is 0 Å². The molecule has 0 spiro atoms. The standard InChI is InChI=1S/C50H31NO2/c1-3-15-32(16-4-1)51(33-17-5-2-6-18-33)45-26-14-28-47-48(45)44-31-43(36-21-9-10-23-40(36)50(44)53-47)38-30-29-37(34-19-7-8-20-35(34)38)41-24-13-25-42-39-22-11-12-27-46(39)52-49(41)42/h1-31H. The van der Waals surface area contributed by atoms with Crippen molar-refractivity contribution in [3.8, 4) is 22.3 Å². The van der Waals surface area contributed by atoms with Gasteiger partial charge in [-0.2, -0.15) is 0 Å².